The SMILES string of the molecule is Br.CCC[C@@]12CCN(C)[C@@H]1CCc1ccc(O)cc12. The smallest absolute Gasteiger partial charge is 0.115 e. The van der Waals surface area contributed by atoms with Gasteiger partial charge < -0.3 is 10.0 Å². The van der Waals surface area contributed by atoms with Crippen LogP contribution in [-0.2, 0) is 11.8 Å². The number of likely N-dealkylation sites (N-methyl/N-ethyl adjacent to an activating group) is 1. The molecule has 1 aromatic rings. The van der Waals surface area contributed by atoms with Gasteiger partial charge in [0.1, 0.15) is 5.75 Å². The molecule has 0 radical (unpaired) electrons. The predicted molar refractivity (Wildman–Crippen MR) is 84.4 cm³/mol. The van der Waals surface area contributed by atoms with Crippen molar-refractivity contribution in [3.05, 3.63) is 29.3 Å². The highest BCUT2D eigenvalue weighted by Gasteiger charge is 2.49. The summed E-state index contributed by atoms with van der Waals surface area (Å²) in [5, 5.41) is 9.84. The van der Waals surface area contributed by atoms with E-state index in [4.69, 9.17) is 0 Å². The van der Waals surface area contributed by atoms with Crippen molar-refractivity contribution in [3.63, 3.8) is 0 Å². The van der Waals surface area contributed by atoms with Crippen molar-refractivity contribution in [2.24, 2.45) is 0 Å². The van der Waals surface area contributed by atoms with Crippen molar-refractivity contribution in [1.29, 1.82) is 0 Å². The number of hydrogen-bond donors (Lipinski definition) is 1. The van der Waals surface area contributed by atoms with Gasteiger partial charge in [0.25, 0.3) is 0 Å². The normalized spacial score (nSPS) is 29.5. The molecule has 0 saturated carbocycles. The summed E-state index contributed by atoms with van der Waals surface area (Å²) in [5.41, 5.74) is 3.20. The number of aryl methyl sites for hydroxylation is 1. The number of aromatic hydroxyl groups is 1. The van der Waals surface area contributed by atoms with Crippen LogP contribution < -0.4 is 0 Å². The maximum Gasteiger partial charge on any atom is 0.115 e. The average molecular weight is 326 g/mol. The number of benzene rings is 1. The predicted octanol–water partition coefficient (Wildman–Crippen LogP) is 3.66. The van der Waals surface area contributed by atoms with Crippen LogP contribution in [-0.4, -0.2) is 29.6 Å². The highest BCUT2D eigenvalue weighted by molar-refractivity contribution is 8.93. The van der Waals surface area contributed by atoms with Gasteiger partial charge in [-0.05, 0) is 62.5 Å². The third kappa shape index (κ3) is 2.21. The third-order valence-electron chi connectivity index (χ3n) is 5.09. The van der Waals surface area contributed by atoms with Gasteiger partial charge in [0.2, 0.25) is 0 Å². The first-order valence-electron chi connectivity index (χ1n) is 7.20. The molecule has 0 bridgehead atoms. The van der Waals surface area contributed by atoms with Crippen LogP contribution in [0.1, 0.15) is 43.7 Å². The van der Waals surface area contributed by atoms with Gasteiger partial charge in [-0.1, -0.05) is 19.4 Å². The van der Waals surface area contributed by atoms with Crippen molar-refractivity contribution in [2.45, 2.75) is 50.5 Å². The Morgan fingerprint density at radius 2 is 2.21 bits per heavy atom. The molecule has 19 heavy (non-hydrogen) atoms. The zero-order valence-electron chi connectivity index (χ0n) is 11.9. The molecule has 1 heterocycles. The first-order valence-corrected chi connectivity index (χ1v) is 7.20. The number of phenols is 1. The van der Waals surface area contributed by atoms with Crippen LogP contribution in [0.2, 0.25) is 0 Å². The van der Waals surface area contributed by atoms with E-state index in [-0.39, 0.29) is 17.0 Å². The van der Waals surface area contributed by atoms with E-state index in [2.05, 4.69) is 24.9 Å². The van der Waals surface area contributed by atoms with Crippen LogP contribution in [0, 0.1) is 0 Å². The van der Waals surface area contributed by atoms with Crippen LogP contribution in [0.5, 0.6) is 5.75 Å². The van der Waals surface area contributed by atoms with E-state index in [1.54, 1.807) is 0 Å². The Bertz CT molecular complexity index is 458. The van der Waals surface area contributed by atoms with Gasteiger partial charge in [-0.3, -0.25) is 0 Å². The second-order valence-corrected chi connectivity index (χ2v) is 6.03. The summed E-state index contributed by atoms with van der Waals surface area (Å²) in [6, 6.07) is 6.69. The Hall–Kier alpha value is -0.540. The Kier molecular flexibility index (Phi) is 4.26. The molecule has 1 aliphatic heterocycles. The lowest BCUT2D eigenvalue weighted by Crippen LogP contribution is -2.44. The molecule has 2 atom stereocenters. The van der Waals surface area contributed by atoms with E-state index in [0.717, 1.165) is 6.42 Å². The molecule has 1 fully saturated rings. The Morgan fingerprint density at radius 1 is 1.42 bits per heavy atom. The summed E-state index contributed by atoms with van der Waals surface area (Å²) in [4.78, 5) is 2.53. The maximum atomic E-state index is 9.84. The molecule has 3 heteroatoms. The fraction of sp³-hybridized carbons (Fsp3) is 0.625. The molecular weight excluding hydrogens is 302 g/mol. The lowest BCUT2D eigenvalue weighted by Gasteiger charge is -2.43. The quantitative estimate of drug-likeness (QED) is 0.897. The first-order chi connectivity index (χ1) is 8.67. The Balaban J connectivity index is 0.00000133. The molecule has 0 amide bonds. The fourth-order valence-corrected chi connectivity index (χ4v) is 4.34. The van der Waals surface area contributed by atoms with Gasteiger partial charge in [0.05, 0.1) is 0 Å². The summed E-state index contributed by atoms with van der Waals surface area (Å²) in [6.07, 6.45) is 6.15. The van der Waals surface area contributed by atoms with Crippen molar-refractivity contribution < 1.29 is 5.11 Å². The van der Waals surface area contributed by atoms with Crippen molar-refractivity contribution in [3.8, 4) is 5.75 Å². The van der Waals surface area contributed by atoms with Gasteiger partial charge in [-0.25, -0.2) is 0 Å². The standard InChI is InChI=1S/C16H23NO.BrH/c1-3-8-16-9-10-17(2)15(16)7-5-12-4-6-13(18)11-14(12)16;/h4,6,11,15,18H,3,5,7-10H2,1-2H3;1H/t15-,16+;/m1./s1. The largest absolute Gasteiger partial charge is 0.508 e. The van der Waals surface area contributed by atoms with Crippen molar-refractivity contribution >= 4 is 17.0 Å². The molecule has 1 N–H and O–H groups in total. The molecule has 3 rings (SSSR count). The van der Waals surface area contributed by atoms with E-state index < -0.39 is 0 Å². The number of phenolic OH excluding ortho intramolecular Hbond substituents is 1. The monoisotopic (exact) mass is 325 g/mol. The number of fused-ring (bicyclic) bond motifs is 3. The van der Waals surface area contributed by atoms with Gasteiger partial charge >= 0.3 is 0 Å². The van der Waals surface area contributed by atoms with E-state index >= 15 is 0 Å². The number of hydrogen-bond acceptors (Lipinski definition) is 2. The summed E-state index contributed by atoms with van der Waals surface area (Å²) in [6.45, 7) is 3.47. The zero-order chi connectivity index (χ0) is 12.8. The van der Waals surface area contributed by atoms with Crippen molar-refractivity contribution in [2.75, 3.05) is 13.6 Å². The van der Waals surface area contributed by atoms with Gasteiger partial charge in [0.15, 0.2) is 0 Å². The van der Waals surface area contributed by atoms with E-state index in [1.807, 2.05) is 12.1 Å². The first kappa shape index (κ1) is 14.9. The number of likely N-dealkylation sites (tertiary alicyclic amines) is 1. The Labute approximate surface area is 126 Å². The second-order valence-electron chi connectivity index (χ2n) is 6.03. The molecule has 2 nitrogen and oxygen atoms in total. The molecule has 2 aliphatic rings. The molecule has 1 saturated heterocycles. The molecule has 1 aliphatic carbocycles. The summed E-state index contributed by atoms with van der Waals surface area (Å²) < 4.78 is 0. The average Bonchev–Trinajstić information content (AvgIpc) is 2.68. The Morgan fingerprint density at radius 3 is 2.95 bits per heavy atom. The fourth-order valence-electron chi connectivity index (χ4n) is 4.34. The van der Waals surface area contributed by atoms with Crippen LogP contribution in [0.25, 0.3) is 0 Å². The third-order valence-corrected chi connectivity index (χ3v) is 5.09. The second kappa shape index (κ2) is 5.45. The molecule has 0 aromatic heterocycles. The van der Waals surface area contributed by atoms with Crippen LogP contribution in [0.15, 0.2) is 18.2 Å². The lowest BCUT2D eigenvalue weighted by atomic mass is 9.64. The number of halogens is 1. The summed E-state index contributed by atoms with van der Waals surface area (Å²) in [5.74, 6) is 0.430. The van der Waals surface area contributed by atoms with Gasteiger partial charge in [-0.2, -0.15) is 0 Å². The topological polar surface area (TPSA) is 23.5 Å². The van der Waals surface area contributed by atoms with Crippen LogP contribution in [0.3, 0.4) is 0 Å². The molecular formula is C16H24BrNO. The van der Waals surface area contributed by atoms with E-state index in [0.29, 0.717) is 17.2 Å². The highest BCUT2D eigenvalue weighted by Crippen LogP contribution is 2.49. The summed E-state index contributed by atoms with van der Waals surface area (Å²) >= 11 is 0. The van der Waals surface area contributed by atoms with Gasteiger partial charge in [-0.15, -0.1) is 17.0 Å². The number of rotatable bonds is 2. The minimum atomic E-state index is 0. The molecule has 1 aromatic carbocycles. The highest BCUT2D eigenvalue weighted by atomic mass is 79.9. The summed E-state index contributed by atoms with van der Waals surface area (Å²) in [7, 11) is 2.26. The van der Waals surface area contributed by atoms with Crippen LogP contribution >= 0.6 is 17.0 Å². The maximum absolute atomic E-state index is 9.84. The molecule has 0 spiro atoms. The zero-order valence-corrected chi connectivity index (χ0v) is 13.6. The van der Waals surface area contributed by atoms with E-state index in [1.165, 1.54) is 43.4 Å². The molecule has 0 unspecified atom stereocenters. The van der Waals surface area contributed by atoms with E-state index in [9.17, 15) is 5.11 Å². The minimum Gasteiger partial charge on any atom is -0.508 e. The van der Waals surface area contributed by atoms with Crippen molar-refractivity contribution in [1.82, 2.24) is 4.90 Å². The number of nitrogens with zero attached hydrogens (tertiary/aromatic N) is 1. The van der Waals surface area contributed by atoms with Gasteiger partial charge in [0, 0.05) is 11.5 Å². The molecule has 106 valence electrons. The van der Waals surface area contributed by atoms with Crippen LogP contribution in [0.4, 0.5) is 0 Å². The minimum absolute atomic E-state index is 0. The lowest BCUT2D eigenvalue weighted by molar-refractivity contribution is 0.205.